The Labute approximate surface area is 175 Å². The van der Waals surface area contributed by atoms with Crippen LogP contribution in [0.25, 0.3) is 0 Å². The van der Waals surface area contributed by atoms with E-state index in [1.165, 1.54) is 5.56 Å². The molecule has 148 valence electrons. The van der Waals surface area contributed by atoms with Gasteiger partial charge >= 0.3 is 0 Å². The number of hydrogen-bond donors (Lipinski definition) is 1. The molecule has 0 saturated heterocycles. The molecule has 0 aromatic heterocycles. The van der Waals surface area contributed by atoms with Crippen LogP contribution in [0.1, 0.15) is 11.1 Å². The van der Waals surface area contributed by atoms with E-state index in [2.05, 4.69) is 22.3 Å². The third-order valence-electron chi connectivity index (χ3n) is 4.63. The van der Waals surface area contributed by atoms with Crippen LogP contribution in [0.4, 0.5) is 5.69 Å². The molecule has 1 aliphatic rings. The van der Waals surface area contributed by atoms with Crippen molar-refractivity contribution < 1.29 is 14.2 Å². The number of nitrogens with one attached hydrogen (secondary N) is 1. The van der Waals surface area contributed by atoms with Crippen LogP contribution in [-0.4, -0.2) is 23.9 Å². The van der Waals surface area contributed by atoms with Crippen LogP contribution >= 0.6 is 12.2 Å². The van der Waals surface area contributed by atoms with E-state index in [-0.39, 0.29) is 6.79 Å². The highest BCUT2D eigenvalue weighted by Gasteiger charge is 2.16. The van der Waals surface area contributed by atoms with Crippen LogP contribution in [0, 0.1) is 0 Å². The van der Waals surface area contributed by atoms with Gasteiger partial charge in [0.1, 0.15) is 5.75 Å². The van der Waals surface area contributed by atoms with Crippen molar-refractivity contribution in [2.75, 3.05) is 19.2 Å². The van der Waals surface area contributed by atoms with Gasteiger partial charge in [-0.3, -0.25) is 0 Å². The number of methoxy groups -OCH3 is 1. The summed E-state index contributed by atoms with van der Waals surface area (Å²) in [7, 11) is 1.65. The van der Waals surface area contributed by atoms with E-state index >= 15 is 0 Å². The first-order chi connectivity index (χ1) is 14.2. The molecule has 0 saturated carbocycles. The maximum absolute atomic E-state index is 5.75. The van der Waals surface area contributed by atoms with Crippen molar-refractivity contribution in [2.45, 2.75) is 13.1 Å². The third kappa shape index (κ3) is 4.78. The van der Waals surface area contributed by atoms with Gasteiger partial charge in [-0.25, -0.2) is 0 Å². The van der Waals surface area contributed by atoms with Gasteiger partial charge < -0.3 is 24.4 Å². The van der Waals surface area contributed by atoms with Gasteiger partial charge in [0.15, 0.2) is 16.6 Å². The first-order valence-corrected chi connectivity index (χ1v) is 9.74. The molecule has 0 amide bonds. The van der Waals surface area contributed by atoms with E-state index in [9.17, 15) is 0 Å². The second-order valence-corrected chi connectivity index (χ2v) is 7.08. The second-order valence-electron chi connectivity index (χ2n) is 6.69. The summed E-state index contributed by atoms with van der Waals surface area (Å²) in [6.45, 7) is 1.59. The SMILES string of the molecule is COc1cccc(NC(=S)N(Cc2ccccc2)Cc2ccc3c(c2)OCO3)c1. The Morgan fingerprint density at radius 3 is 2.55 bits per heavy atom. The van der Waals surface area contributed by atoms with E-state index in [0.29, 0.717) is 18.2 Å². The van der Waals surface area contributed by atoms with E-state index in [1.807, 2.05) is 60.7 Å². The number of anilines is 1. The molecule has 3 aromatic carbocycles. The highest BCUT2D eigenvalue weighted by atomic mass is 32.1. The summed E-state index contributed by atoms with van der Waals surface area (Å²) in [6.07, 6.45) is 0. The van der Waals surface area contributed by atoms with Crippen LogP contribution in [-0.2, 0) is 13.1 Å². The quantitative estimate of drug-likeness (QED) is 0.592. The van der Waals surface area contributed by atoms with Crippen LogP contribution < -0.4 is 19.5 Å². The Balaban J connectivity index is 1.54. The average molecular weight is 407 g/mol. The van der Waals surface area contributed by atoms with Crippen molar-refractivity contribution >= 4 is 23.0 Å². The summed E-state index contributed by atoms with van der Waals surface area (Å²) in [5.74, 6) is 2.33. The molecule has 29 heavy (non-hydrogen) atoms. The fourth-order valence-electron chi connectivity index (χ4n) is 3.17. The molecular formula is C23H22N2O3S. The van der Waals surface area contributed by atoms with E-state index in [1.54, 1.807) is 7.11 Å². The van der Waals surface area contributed by atoms with E-state index < -0.39 is 0 Å². The Hall–Kier alpha value is -3.25. The van der Waals surface area contributed by atoms with Crippen molar-refractivity contribution in [1.29, 1.82) is 0 Å². The molecule has 0 aliphatic carbocycles. The minimum absolute atomic E-state index is 0.266. The topological polar surface area (TPSA) is 43.0 Å². The lowest BCUT2D eigenvalue weighted by molar-refractivity contribution is 0.174. The van der Waals surface area contributed by atoms with Gasteiger partial charge in [-0.05, 0) is 47.6 Å². The number of thiocarbonyl (C=S) groups is 1. The zero-order valence-electron chi connectivity index (χ0n) is 16.1. The first-order valence-electron chi connectivity index (χ1n) is 9.34. The van der Waals surface area contributed by atoms with Crippen LogP contribution in [0.5, 0.6) is 17.2 Å². The molecule has 4 rings (SSSR count). The Morgan fingerprint density at radius 2 is 1.72 bits per heavy atom. The summed E-state index contributed by atoms with van der Waals surface area (Å²) in [6, 6.07) is 24.0. The van der Waals surface area contributed by atoms with Gasteiger partial charge in [0.25, 0.3) is 0 Å². The molecule has 1 aliphatic heterocycles. The fraction of sp³-hybridized carbons (Fsp3) is 0.174. The lowest BCUT2D eigenvalue weighted by atomic mass is 10.1. The fourth-order valence-corrected chi connectivity index (χ4v) is 3.41. The van der Waals surface area contributed by atoms with Gasteiger partial charge in [0.05, 0.1) is 7.11 Å². The average Bonchev–Trinajstić information content (AvgIpc) is 3.22. The molecule has 0 unspecified atom stereocenters. The minimum Gasteiger partial charge on any atom is -0.497 e. The number of nitrogens with zero attached hydrogens (tertiary/aromatic N) is 1. The van der Waals surface area contributed by atoms with Crippen molar-refractivity contribution in [3.63, 3.8) is 0 Å². The van der Waals surface area contributed by atoms with Crippen molar-refractivity contribution in [3.05, 3.63) is 83.9 Å². The molecular weight excluding hydrogens is 384 g/mol. The standard InChI is InChI=1S/C23H22N2O3S/c1-26-20-9-5-8-19(13-20)24-23(29)25(14-17-6-3-2-4-7-17)15-18-10-11-21-22(12-18)28-16-27-21/h2-13H,14-16H2,1H3,(H,24,29). The molecule has 0 spiro atoms. The predicted octanol–water partition coefficient (Wildman–Crippen LogP) is 4.82. The second kappa shape index (κ2) is 8.84. The minimum atomic E-state index is 0.266. The highest BCUT2D eigenvalue weighted by molar-refractivity contribution is 7.80. The van der Waals surface area contributed by atoms with Crippen molar-refractivity contribution in [1.82, 2.24) is 4.90 Å². The number of hydrogen-bond acceptors (Lipinski definition) is 4. The zero-order chi connectivity index (χ0) is 20.1. The molecule has 0 atom stereocenters. The summed E-state index contributed by atoms with van der Waals surface area (Å²) in [5.41, 5.74) is 3.17. The number of fused-ring (bicyclic) bond motifs is 1. The Kier molecular flexibility index (Phi) is 5.81. The van der Waals surface area contributed by atoms with E-state index in [0.717, 1.165) is 28.5 Å². The molecule has 0 radical (unpaired) electrons. The molecule has 0 bridgehead atoms. The smallest absolute Gasteiger partial charge is 0.231 e. The van der Waals surface area contributed by atoms with Crippen LogP contribution in [0.3, 0.4) is 0 Å². The number of ether oxygens (including phenoxy) is 3. The van der Waals surface area contributed by atoms with Gasteiger partial charge in [0, 0.05) is 24.8 Å². The van der Waals surface area contributed by atoms with Crippen LogP contribution in [0.15, 0.2) is 72.8 Å². The molecule has 1 N–H and O–H groups in total. The molecule has 6 heteroatoms. The normalized spacial score (nSPS) is 11.8. The highest BCUT2D eigenvalue weighted by Crippen LogP contribution is 2.33. The maximum atomic E-state index is 5.75. The summed E-state index contributed by atoms with van der Waals surface area (Å²) >= 11 is 5.75. The van der Waals surface area contributed by atoms with Crippen molar-refractivity contribution in [2.24, 2.45) is 0 Å². The van der Waals surface area contributed by atoms with Gasteiger partial charge in [-0.15, -0.1) is 0 Å². The third-order valence-corrected chi connectivity index (χ3v) is 5.00. The van der Waals surface area contributed by atoms with Crippen molar-refractivity contribution in [3.8, 4) is 17.2 Å². The first kappa shape index (κ1) is 19.1. The van der Waals surface area contributed by atoms with Gasteiger partial charge in [0.2, 0.25) is 6.79 Å². The van der Waals surface area contributed by atoms with Gasteiger partial charge in [-0.1, -0.05) is 42.5 Å². The predicted molar refractivity (Wildman–Crippen MR) is 117 cm³/mol. The summed E-state index contributed by atoms with van der Waals surface area (Å²) < 4.78 is 16.2. The lowest BCUT2D eigenvalue weighted by Gasteiger charge is -2.26. The Morgan fingerprint density at radius 1 is 0.931 bits per heavy atom. The van der Waals surface area contributed by atoms with Crippen LogP contribution in [0.2, 0.25) is 0 Å². The maximum Gasteiger partial charge on any atom is 0.231 e. The lowest BCUT2D eigenvalue weighted by Crippen LogP contribution is -2.33. The molecule has 0 fully saturated rings. The number of rotatable bonds is 6. The zero-order valence-corrected chi connectivity index (χ0v) is 16.9. The molecule has 5 nitrogen and oxygen atoms in total. The summed E-state index contributed by atoms with van der Waals surface area (Å²) in [5, 5.41) is 3.97. The molecule has 3 aromatic rings. The van der Waals surface area contributed by atoms with E-state index in [4.69, 9.17) is 26.4 Å². The monoisotopic (exact) mass is 406 g/mol. The Bertz CT molecular complexity index is 994. The molecule has 1 heterocycles. The largest absolute Gasteiger partial charge is 0.497 e. The van der Waals surface area contributed by atoms with Gasteiger partial charge in [-0.2, -0.15) is 0 Å². The summed E-state index contributed by atoms with van der Waals surface area (Å²) in [4.78, 5) is 2.13. The number of benzene rings is 3.